The van der Waals surface area contributed by atoms with Crippen LogP contribution in [0, 0.1) is 0 Å². The molecule has 120 valence electrons. The molecule has 2 aromatic rings. The van der Waals surface area contributed by atoms with Gasteiger partial charge in [-0.05, 0) is 48.9 Å². The van der Waals surface area contributed by atoms with E-state index in [9.17, 15) is 9.59 Å². The molecule has 6 heteroatoms. The van der Waals surface area contributed by atoms with Crippen LogP contribution in [0.15, 0.2) is 35.7 Å². The van der Waals surface area contributed by atoms with Gasteiger partial charge in [0.25, 0.3) is 11.8 Å². The molecule has 23 heavy (non-hydrogen) atoms. The van der Waals surface area contributed by atoms with Crippen molar-refractivity contribution in [2.24, 2.45) is 5.73 Å². The third-order valence-corrected chi connectivity index (χ3v) is 4.83. The number of amides is 2. The van der Waals surface area contributed by atoms with Gasteiger partial charge in [0.2, 0.25) is 0 Å². The van der Waals surface area contributed by atoms with Crippen LogP contribution >= 0.6 is 11.3 Å². The van der Waals surface area contributed by atoms with E-state index in [1.165, 1.54) is 17.8 Å². The lowest BCUT2D eigenvalue weighted by Gasteiger charge is -2.30. The number of hydrogen-bond acceptors (Lipinski definition) is 4. The zero-order chi connectivity index (χ0) is 16.2. The highest BCUT2D eigenvalue weighted by Crippen LogP contribution is 2.27. The van der Waals surface area contributed by atoms with Gasteiger partial charge in [0.05, 0.1) is 10.4 Å². The molecule has 0 atom stereocenters. The lowest BCUT2D eigenvalue weighted by atomic mass is 10.1. The fourth-order valence-electron chi connectivity index (χ4n) is 2.82. The van der Waals surface area contributed by atoms with Gasteiger partial charge in [-0.2, -0.15) is 0 Å². The van der Waals surface area contributed by atoms with E-state index in [1.54, 1.807) is 12.1 Å². The zero-order valence-corrected chi connectivity index (χ0v) is 13.6. The number of benzene rings is 1. The Hall–Kier alpha value is -2.34. The summed E-state index contributed by atoms with van der Waals surface area (Å²) in [5, 5.41) is 4.67. The topological polar surface area (TPSA) is 75.4 Å². The van der Waals surface area contributed by atoms with Crippen LogP contribution < -0.4 is 16.0 Å². The summed E-state index contributed by atoms with van der Waals surface area (Å²) in [6, 6.07) is 8.94. The molecule has 0 unspecified atom stereocenters. The summed E-state index contributed by atoms with van der Waals surface area (Å²) in [5.74, 6) is -0.654. The first kappa shape index (κ1) is 15.6. The molecule has 0 bridgehead atoms. The Morgan fingerprint density at radius 2 is 1.91 bits per heavy atom. The van der Waals surface area contributed by atoms with Crippen molar-refractivity contribution in [2.75, 3.05) is 23.3 Å². The second-order valence-corrected chi connectivity index (χ2v) is 6.52. The molecule has 0 aliphatic carbocycles. The minimum atomic E-state index is -0.474. The van der Waals surface area contributed by atoms with Crippen LogP contribution in [0.4, 0.5) is 11.4 Å². The van der Waals surface area contributed by atoms with Crippen molar-refractivity contribution in [3.63, 3.8) is 0 Å². The summed E-state index contributed by atoms with van der Waals surface area (Å²) >= 11 is 1.37. The van der Waals surface area contributed by atoms with Crippen LogP contribution in [-0.2, 0) is 0 Å². The maximum Gasteiger partial charge on any atom is 0.265 e. The Balaban J connectivity index is 1.84. The number of hydrogen-bond donors (Lipinski definition) is 2. The van der Waals surface area contributed by atoms with Gasteiger partial charge in [-0.25, -0.2) is 0 Å². The van der Waals surface area contributed by atoms with Crippen LogP contribution in [0.3, 0.4) is 0 Å². The molecule has 2 heterocycles. The van der Waals surface area contributed by atoms with Crippen LogP contribution in [0.25, 0.3) is 0 Å². The molecule has 1 aromatic heterocycles. The summed E-state index contributed by atoms with van der Waals surface area (Å²) in [6.45, 7) is 1.86. The number of anilines is 2. The van der Waals surface area contributed by atoms with Crippen molar-refractivity contribution in [1.82, 2.24) is 0 Å². The van der Waals surface area contributed by atoms with E-state index in [1.807, 2.05) is 23.6 Å². The molecule has 3 N–H and O–H groups in total. The second kappa shape index (κ2) is 6.83. The molecule has 1 aliphatic rings. The van der Waals surface area contributed by atoms with Crippen LogP contribution in [0.1, 0.15) is 39.3 Å². The number of carbonyl (C=O) groups excluding carboxylic acids is 2. The highest BCUT2D eigenvalue weighted by molar-refractivity contribution is 7.12. The fourth-order valence-corrected chi connectivity index (χ4v) is 3.44. The molecule has 1 aromatic carbocycles. The number of piperidine rings is 1. The average molecular weight is 329 g/mol. The number of nitrogens with one attached hydrogen (secondary N) is 1. The summed E-state index contributed by atoms with van der Waals surface area (Å²) < 4.78 is 0. The fraction of sp³-hybridized carbons (Fsp3) is 0.294. The third kappa shape index (κ3) is 3.53. The molecule has 1 saturated heterocycles. The largest absolute Gasteiger partial charge is 0.371 e. The van der Waals surface area contributed by atoms with Crippen LogP contribution in [0.5, 0.6) is 0 Å². The van der Waals surface area contributed by atoms with Crippen molar-refractivity contribution in [2.45, 2.75) is 19.3 Å². The Bertz CT molecular complexity index is 707. The maximum absolute atomic E-state index is 12.1. The Kier molecular flexibility index (Phi) is 4.62. The summed E-state index contributed by atoms with van der Waals surface area (Å²) in [6.07, 6.45) is 3.46. The minimum absolute atomic E-state index is 0.179. The molecule has 5 nitrogen and oxygen atoms in total. The molecule has 0 radical (unpaired) electrons. The Morgan fingerprint density at radius 3 is 2.57 bits per heavy atom. The molecule has 1 fully saturated rings. The van der Waals surface area contributed by atoms with E-state index in [0.29, 0.717) is 16.1 Å². The number of rotatable bonds is 4. The van der Waals surface area contributed by atoms with Crippen molar-refractivity contribution in [3.8, 4) is 0 Å². The standard InChI is InChI=1S/C17H19N3O2S/c18-16(21)13-11-12(19-17(22)15-5-4-10-23-15)6-7-14(13)20-8-2-1-3-9-20/h4-7,10-11H,1-3,8-9H2,(H2,18,21)(H,19,22). The predicted octanol–water partition coefficient (Wildman–Crippen LogP) is 3.09. The number of carbonyl (C=O) groups is 2. The van der Waals surface area contributed by atoms with Crippen molar-refractivity contribution in [1.29, 1.82) is 0 Å². The highest BCUT2D eigenvalue weighted by Gasteiger charge is 2.18. The highest BCUT2D eigenvalue weighted by atomic mass is 32.1. The normalized spacial score (nSPS) is 14.5. The van der Waals surface area contributed by atoms with Gasteiger partial charge in [0, 0.05) is 24.5 Å². The van der Waals surface area contributed by atoms with Gasteiger partial charge in [-0.3, -0.25) is 9.59 Å². The Labute approximate surface area is 139 Å². The van der Waals surface area contributed by atoms with E-state index in [0.717, 1.165) is 31.6 Å². The van der Waals surface area contributed by atoms with Crippen LogP contribution in [-0.4, -0.2) is 24.9 Å². The summed E-state index contributed by atoms with van der Waals surface area (Å²) in [7, 11) is 0. The molecular formula is C17H19N3O2S. The lowest BCUT2D eigenvalue weighted by molar-refractivity contribution is 0.0997. The van der Waals surface area contributed by atoms with E-state index in [-0.39, 0.29) is 5.91 Å². The van der Waals surface area contributed by atoms with Gasteiger partial charge >= 0.3 is 0 Å². The Morgan fingerprint density at radius 1 is 1.13 bits per heavy atom. The first-order valence-electron chi connectivity index (χ1n) is 7.69. The summed E-state index contributed by atoms with van der Waals surface area (Å²) in [5.41, 5.74) is 7.43. The van der Waals surface area contributed by atoms with E-state index >= 15 is 0 Å². The average Bonchev–Trinajstić information content (AvgIpc) is 3.10. The lowest BCUT2D eigenvalue weighted by Crippen LogP contribution is -2.31. The molecule has 3 rings (SSSR count). The molecule has 0 spiro atoms. The van der Waals surface area contributed by atoms with E-state index in [2.05, 4.69) is 10.2 Å². The predicted molar refractivity (Wildman–Crippen MR) is 93.3 cm³/mol. The van der Waals surface area contributed by atoms with Crippen molar-refractivity contribution < 1.29 is 9.59 Å². The van der Waals surface area contributed by atoms with Gasteiger partial charge in [0.1, 0.15) is 0 Å². The van der Waals surface area contributed by atoms with Gasteiger partial charge < -0.3 is 16.0 Å². The first-order valence-corrected chi connectivity index (χ1v) is 8.57. The monoisotopic (exact) mass is 329 g/mol. The number of primary amides is 1. The maximum atomic E-state index is 12.1. The van der Waals surface area contributed by atoms with E-state index < -0.39 is 5.91 Å². The molecular weight excluding hydrogens is 310 g/mol. The molecule has 0 saturated carbocycles. The smallest absolute Gasteiger partial charge is 0.265 e. The van der Waals surface area contributed by atoms with Crippen molar-refractivity contribution in [3.05, 3.63) is 46.2 Å². The minimum Gasteiger partial charge on any atom is -0.371 e. The zero-order valence-electron chi connectivity index (χ0n) is 12.7. The molecule has 2 amide bonds. The van der Waals surface area contributed by atoms with Crippen molar-refractivity contribution >= 4 is 34.5 Å². The van der Waals surface area contributed by atoms with Gasteiger partial charge in [0.15, 0.2) is 0 Å². The SMILES string of the molecule is NC(=O)c1cc(NC(=O)c2cccs2)ccc1N1CCCCC1. The van der Waals surface area contributed by atoms with Gasteiger partial charge in [-0.1, -0.05) is 6.07 Å². The first-order chi connectivity index (χ1) is 11.1. The second-order valence-electron chi connectivity index (χ2n) is 5.58. The van der Waals surface area contributed by atoms with Gasteiger partial charge in [-0.15, -0.1) is 11.3 Å². The van der Waals surface area contributed by atoms with E-state index in [4.69, 9.17) is 5.73 Å². The number of nitrogens with two attached hydrogens (primary N) is 1. The number of thiophene rings is 1. The quantitative estimate of drug-likeness (QED) is 0.905. The summed E-state index contributed by atoms with van der Waals surface area (Å²) in [4.78, 5) is 26.8. The number of nitrogens with zero attached hydrogens (tertiary/aromatic N) is 1. The third-order valence-electron chi connectivity index (χ3n) is 3.96. The molecule has 1 aliphatic heterocycles. The van der Waals surface area contributed by atoms with Crippen LogP contribution in [0.2, 0.25) is 0 Å².